The van der Waals surface area contributed by atoms with Crippen LogP contribution in [0.15, 0.2) is 46.9 Å². The van der Waals surface area contributed by atoms with Crippen molar-refractivity contribution in [3.8, 4) is 0 Å². The van der Waals surface area contributed by atoms with Crippen molar-refractivity contribution in [1.82, 2.24) is 0 Å². The van der Waals surface area contributed by atoms with Gasteiger partial charge in [0.2, 0.25) is 0 Å². The van der Waals surface area contributed by atoms with E-state index in [-0.39, 0.29) is 0 Å². The van der Waals surface area contributed by atoms with E-state index in [1.54, 1.807) is 0 Å². The molecular weight excluding hydrogens is 148 g/mol. The molecule has 0 fully saturated rings. The fourth-order valence-corrected chi connectivity index (χ4v) is 0.816. The highest BCUT2D eigenvalue weighted by Crippen LogP contribution is 2.11. The average Bonchev–Trinajstić information content (AvgIpc) is 2.15. The summed E-state index contributed by atoms with van der Waals surface area (Å²) < 4.78 is 0. The molecule has 0 aliphatic rings. The van der Waals surface area contributed by atoms with E-state index in [2.05, 4.69) is 23.3 Å². The Balaban J connectivity index is 2.79. The van der Waals surface area contributed by atoms with Gasteiger partial charge in [0, 0.05) is 0 Å². The molecule has 0 bridgehead atoms. The lowest BCUT2D eigenvalue weighted by Gasteiger charge is -1.96. The van der Waals surface area contributed by atoms with Gasteiger partial charge in [-0.2, -0.15) is 0 Å². The molecule has 0 amide bonds. The van der Waals surface area contributed by atoms with Crippen LogP contribution in [0.1, 0.15) is 5.56 Å². The molecule has 0 saturated heterocycles. The zero-order chi connectivity index (χ0) is 8.81. The summed E-state index contributed by atoms with van der Waals surface area (Å²) in [6.45, 7) is 7.06. The van der Waals surface area contributed by atoms with Crippen LogP contribution in [-0.4, -0.2) is 13.1 Å². The second kappa shape index (κ2) is 4.23. The van der Waals surface area contributed by atoms with Crippen molar-refractivity contribution >= 4 is 18.8 Å². The predicted octanol–water partition coefficient (Wildman–Crippen LogP) is 2.39. The third-order valence-corrected chi connectivity index (χ3v) is 1.40. The maximum atomic E-state index is 3.96. The van der Waals surface area contributed by atoms with Crippen LogP contribution in [0.25, 0.3) is 5.70 Å². The molecule has 0 aliphatic heterocycles. The quantitative estimate of drug-likeness (QED) is 0.476. The first kappa shape index (κ1) is 8.40. The summed E-state index contributed by atoms with van der Waals surface area (Å²) >= 11 is 0. The van der Waals surface area contributed by atoms with Crippen LogP contribution >= 0.6 is 0 Å². The molecule has 1 aromatic rings. The Labute approximate surface area is 72.0 Å². The third kappa shape index (κ3) is 2.16. The van der Waals surface area contributed by atoms with E-state index >= 15 is 0 Å². The van der Waals surface area contributed by atoms with Gasteiger partial charge in [-0.15, -0.1) is 0 Å². The third-order valence-electron chi connectivity index (χ3n) is 1.40. The van der Waals surface area contributed by atoms with E-state index in [0.717, 1.165) is 5.56 Å². The summed E-state index contributed by atoms with van der Waals surface area (Å²) in [7, 11) is 0. The Bertz CT molecular complexity index is 299. The Morgan fingerprint density at radius 2 is 1.92 bits per heavy atom. The minimum atomic E-state index is 0.697. The first-order chi connectivity index (χ1) is 5.84. The van der Waals surface area contributed by atoms with Crippen LogP contribution in [0.3, 0.4) is 0 Å². The number of nitrogens with zero attached hydrogens (tertiary/aromatic N) is 2. The topological polar surface area (TPSA) is 24.7 Å². The van der Waals surface area contributed by atoms with Crippen molar-refractivity contribution < 1.29 is 0 Å². The molecule has 0 aliphatic carbocycles. The molecule has 2 heteroatoms. The van der Waals surface area contributed by atoms with E-state index in [0.29, 0.717) is 5.70 Å². The summed E-state index contributed by atoms with van der Waals surface area (Å²) in [5, 5.41) is 0. The molecule has 1 rings (SSSR count). The molecule has 0 atom stereocenters. The van der Waals surface area contributed by atoms with Gasteiger partial charge in [0.05, 0.1) is 5.70 Å². The van der Waals surface area contributed by atoms with Crippen molar-refractivity contribution in [2.24, 2.45) is 9.98 Å². The fourth-order valence-electron chi connectivity index (χ4n) is 0.816. The SMILES string of the molecule is C=NC=NC(=C)c1ccccc1. The van der Waals surface area contributed by atoms with E-state index in [1.807, 2.05) is 30.3 Å². The molecule has 0 radical (unpaired) electrons. The van der Waals surface area contributed by atoms with Gasteiger partial charge in [-0.05, 0) is 12.3 Å². The van der Waals surface area contributed by atoms with E-state index < -0.39 is 0 Å². The minimum Gasteiger partial charge on any atom is -0.253 e. The lowest BCUT2D eigenvalue weighted by Crippen LogP contribution is -1.77. The molecule has 0 heterocycles. The highest BCUT2D eigenvalue weighted by Gasteiger charge is 1.91. The Morgan fingerprint density at radius 1 is 1.25 bits per heavy atom. The summed E-state index contributed by atoms with van der Waals surface area (Å²) in [4.78, 5) is 7.46. The van der Waals surface area contributed by atoms with Gasteiger partial charge in [0.1, 0.15) is 6.34 Å². The van der Waals surface area contributed by atoms with Crippen LogP contribution in [0.4, 0.5) is 0 Å². The standard InChI is InChI=1S/C10H10N2/c1-9(12-8-11-2)10-6-4-3-5-7-10/h3-8H,1-2H2. The van der Waals surface area contributed by atoms with Crippen LogP contribution in [0.5, 0.6) is 0 Å². The molecule has 60 valence electrons. The van der Waals surface area contributed by atoms with Crippen molar-refractivity contribution in [2.45, 2.75) is 0 Å². The lowest BCUT2D eigenvalue weighted by molar-refractivity contribution is 1.51. The van der Waals surface area contributed by atoms with Crippen molar-refractivity contribution in [3.05, 3.63) is 42.5 Å². The van der Waals surface area contributed by atoms with Gasteiger partial charge in [0.15, 0.2) is 0 Å². The molecule has 2 nitrogen and oxygen atoms in total. The summed E-state index contributed by atoms with van der Waals surface area (Å²) in [6.07, 6.45) is 1.38. The fraction of sp³-hybridized carbons (Fsp3) is 0. The summed E-state index contributed by atoms with van der Waals surface area (Å²) in [6, 6.07) is 9.73. The molecule has 12 heavy (non-hydrogen) atoms. The number of rotatable bonds is 3. The first-order valence-corrected chi connectivity index (χ1v) is 3.57. The molecular formula is C10H10N2. The number of hydrogen-bond donors (Lipinski definition) is 0. The zero-order valence-electron chi connectivity index (χ0n) is 6.77. The Kier molecular flexibility index (Phi) is 2.96. The highest BCUT2D eigenvalue weighted by molar-refractivity contribution is 5.73. The molecule has 0 unspecified atom stereocenters. The van der Waals surface area contributed by atoms with Gasteiger partial charge in [0.25, 0.3) is 0 Å². The molecule has 0 N–H and O–H groups in total. The monoisotopic (exact) mass is 158 g/mol. The van der Waals surface area contributed by atoms with Crippen LogP contribution in [-0.2, 0) is 0 Å². The van der Waals surface area contributed by atoms with Gasteiger partial charge in [-0.1, -0.05) is 36.9 Å². The first-order valence-electron chi connectivity index (χ1n) is 3.57. The van der Waals surface area contributed by atoms with E-state index in [9.17, 15) is 0 Å². The molecule has 0 saturated carbocycles. The van der Waals surface area contributed by atoms with Crippen molar-refractivity contribution in [3.63, 3.8) is 0 Å². The summed E-state index contributed by atoms with van der Waals surface area (Å²) in [5.74, 6) is 0. The average molecular weight is 158 g/mol. The lowest BCUT2D eigenvalue weighted by atomic mass is 10.2. The molecule has 0 aromatic heterocycles. The van der Waals surface area contributed by atoms with E-state index in [1.165, 1.54) is 6.34 Å². The van der Waals surface area contributed by atoms with Crippen LogP contribution < -0.4 is 0 Å². The largest absolute Gasteiger partial charge is 0.253 e. The Morgan fingerprint density at radius 3 is 2.50 bits per heavy atom. The van der Waals surface area contributed by atoms with E-state index in [4.69, 9.17) is 0 Å². The Hall–Kier alpha value is -1.70. The second-order valence-corrected chi connectivity index (χ2v) is 2.24. The van der Waals surface area contributed by atoms with Crippen molar-refractivity contribution in [1.29, 1.82) is 0 Å². The predicted molar refractivity (Wildman–Crippen MR) is 53.5 cm³/mol. The maximum absolute atomic E-state index is 3.96. The van der Waals surface area contributed by atoms with Gasteiger partial charge in [-0.3, -0.25) is 4.99 Å². The normalized spacial score (nSPS) is 10.0. The maximum Gasteiger partial charge on any atom is 0.115 e. The minimum absolute atomic E-state index is 0.697. The molecule has 0 spiro atoms. The smallest absolute Gasteiger partial charge is 0.115 e. The highest BCUT2D eigenvalue weighted by atomic mass is 14.8. The number of hydrogen-bond acceptors (Lipinski definition) is 1. The number of benzene rings is 1. The summed E-state index contributed by atoms with van der Waals surface area (Å²) in [5.41, 5.74) is 1.69. The zero-order valence-corrected chi connectivity index (χ0v) is 6.77. The van der Waals surface area contributed by atoms with Crippen molar-refractivity contribution in [2.75, 3.05) is 0 Å². The second-order valence-electron chi connectivity index (χ2n) is 2.24. The van der Waals surface area contributed by atoms with Gasteiger partial charge in [-0.25, -0.2) is 4.99 Å². The van der Waals surface area contributed by atoms with Crippen LogP contribution in [0.2, 0.25) is 0 Å². The van der Waals surface area contributed by atoms with Gasteiger partial charge < -0.3 is 0 Å². The number of aliphatic imine (C=N–C) groups is 2. The molecule has 1 aromatic carbocycles. The van der Waals surface area contributed by atoms with Crippen LogP contribution in [0, 0.1) is 0 Å². The van der Waals surface area contributed by atoms with Gasteiger partial charge >= 0.3 is 0 Å².